The lowest BCUT2D eigenvalue weighted by atomic mass is 9.85. The van der Waals surface area contributed by atoms with Crippen molar-refractivity contribution in [3.63, 3.8) is 0 Å². The molecular formula is C16H25NO2. The number of benzene rings is 1. The third-order valence-electron chi connectivity index (χ3n) is 3.51. The highest BCUT2D eigenvalue weighted by Gasteiger charge is 2.43. The summed E-state index contributed by atoms with van der Waals surface area (Å²) >= 11 is 0. The summed E-state index contributed by atoms with van der Waals surface area (Å²) in [6, 6.07) is 8.65. The highest BCUT2D eigenvalue weighted by Crippen LogP contribution is 2.29. The van der Waals surface area contributed by atoms with Crippen LogP contribution in [0.1, 0.15) is 32.3 Å². The third kappa shape index (κ3) is 3.71. The summed E-state index contributed by atoms with van der Waals surface area (Å²) in [4.78, 5) is 0. The van der Waals surface area contributed by atoms with Gasteiger partial charge in [0.25, 0.3) is 0 Å². The van der Waals surface area contributed by atoms with Crippen LogP contribution in [0.2, 0.25) is 0 Å². The Hall–Kier alpha value is -1.06. The number of rotatable bonds is 7. The highest BCUT2D eigenvalue weighted by molar-refractivity contribution is 5.28. The van der Waals surface area contributed by atoms with Crippen LogP contribution in [0.15, 0.2) is 24.3 Å². The van der Waals surface area contributed by atoms with Crippen molar-refractivity contribution < 1.29 is 9.47 Å². The van der Waals surface area contributed by atoms with E-state index in [-0.39, 0.29) is 12.2 Å². The Balaban J connectivity index is 1.92. The van der Waals surface area contributed by atoms with Gasteiger partial charge in [-0.2, -0.15) is 0 Å². The van der Waals surface area contributed by atoms with Crippen molar-refractivity contribution in [2.24, 2.45) is 0 Å². The monoisotopic (exact) mass is 263 g/mol. The summed E-state index contributed by atoms with van der Waals surface area (Å²) in [6.45, 7) is 8.14. The molecule has 3 nitrogen and oxygen atoms in total. The van der Waals surface area contributed by atoms with Crippen molar-refractivity contribution in [2.75, 3.05) is 13.2 Å². The predicted molar refractivity (Wildman–Crippen MR) is 77.7 cm³/mol. The number of ether oxygens (including phenoxy) is 2. The van der Waals surface area contributed by atoms with E-state index >= 15 is 0 Å². The maximum Gasteiger partial charge on any atom is 0.128 e. The molecule has 1 aromatic rings. The average molecular weight is 263 g/mol. The first-order valence-electron chi connectivity index (χ1n) is 7.33. The zero-order chi connectivity index (χ0) is 13.7. The molecule has 19 heavy (non-hydrogen) atoms. The normalized spacial score (nSPS) is 25.9. The van der Waals surface area contributed by atoms with Gasteiger partial charge >= 0.3 is 0 Å². The van der Waals surface area contributed by atoms with Crippen LogP contribution in [0, 0.1) is 6.92 Å². The fraction of sp³-hybridized carbons (Fsp3) is 0.625. The van der Waals surface area contributed by atoms with Crippen molar-refractivity contribution in [1.82, 2.24) is 5.32 Å². The van der Waals surface area contributed by atoms with Crippen molar-refractivity contribution in [1.29, 1.82) is 0 Å². The molecule has 1 fully saturated rings. The molecule has 0 radical (unpaired) electrons. The van der Waals surface area contributed by atoms with Gasteiger partial charge < -0.3 is 14.8 Å². The van der Waals surface area contributed by atoms with Gasteiger partial charge in [-0.3, -0.25) is 0 Å². The molecule has 0 bridgehead atoms. The molecule has 1 aliphatic rings. The molecule has 0 heterocycles. The van der Waals surface area contributed by atoms with Crippen LogP contribution >= 0.6 is 0 Å². The second-order valence-electron chi connectivity index (χ2n) is 5.21. The molecule has 3 atom stereocenters. The number of aryl methyl sites for hydroxylation is 1. The molecule has 106 valence electrons. The first-order chi connectivity index (χ1) is 9.24. The van der Waals surface area contributed by atoms with Gasteiger partial charge in [0.05, 0.1) is 0 Å². The first-order valence-corrected chi connectivity index (χ1v) is 7.33. The summed E-state index contributed by atoms with van der Waals surface area (Å²) in [5.74, 6) is 0.949. The molecule has 3 heteroatoms. The van der Waals surface area contributed by atoms with Crippen LogP contribution in [-0.4, -0.2) is 31.4 Å². The van der Waals surface area contributed by atoms with E-state index in [0.29, 0.717) is 6.04 Å². The Labute approximate surface area is 116 Å². The van der Waals surface area contributed by atoms with Crippen molar-refractivity contribution >= 4 is 0 Å². The van der Waals surface area contributed by atoms with Crippen LogP contribution < -0.4 is 10.1 Å². The van der Waals surface area contributed by atoms with E-state index in [1.807, 2.05) is 12.1 Å². The van der Waals surface area contributed by atoms with Crippen molar-refractivity contribution in [3.8, 4) is 5.75 Å². The molecule has 1 N–H and O–H groups in total. The SMILES string of the molecule is CCCOC1C(NCC)CC1Oc1cccc(C)c1. The Morgan fingerprint density at radius 2 is 2.16 bits per heavy atom. The highest BCUT2D eigenvalue weighted by atomic mass is 16.5. The minimum Gasteiger partial charge on any atom is -0.488 e. The van der Waals surface area contributed by atoms with Gasteiger partial charge in [0.2, 0.25) is 0 Å². The van der Waals surface area contributed by atoms with Gasteiger partial charge in [-0.1, -0.05) is 26.0 Å². The lowest BCUT2D eigenvalue weighted by Gasteiger charge is -2.44. The summed E-state index contributed by atoms with van der Waals surface area (Å²) in [5, 5.41) is 3.46. The molecule has 0 amide bonds. The molecular weight excluding hydrogens is 238 g/mol. The summed E-state index contributed by atoms with van der Waals surface area (Å²) in [6.07, 6.45) is 2.43. The molecule has 0 saturated heterocycles. The molecule has 1 aliphatic carbocycles. The van der Waals surface area contributed by atoms with E-state index in [9.17, 15) is 0 Å². The molecule has 2 rings (SSSR count). The van der Waals surface area contributed by atoms with Crippen LogP contribution in [0.3, 0.4) is 0 Å². The van der Waals surface area contributed by atoms with Crippen LogP contribution in [0.25, 0.3) is 0 Å². The van der Waals surface area contributed by atoms with Gasteiger partial charge in [-0.25, -0.2) is 0 Å². The zero-order valence-electron chi connectivity index (χ0n) is 12.2. The smallest absolute Gasteiger partial charge is 0.128 e. The maximum absolute atomic E-state index is 6.05. The average Bonchev–Trinajstić information content (AvgIpc) is 2.38. The van der Waals surface area contributed by atoms with E-state index < -0.39 is 0 Å². The Morgan fingerprint density at radius 1 is 1.32 bits per heavy atom. The van der Waals surface area contributed by atoms with E-state index in [2.05, 4.69) is 38.2 Å². The van der Waals surface area contributed by atoms with Crippen LogP contribution in [0.4, 0.5) is 0 Å². The van der Waals surface area contributed by atoms with Gasteiger partial charge in [-0.15, -0.1) is 0 Å². The second kappa shape index (κ2) is 6.92. The van der Waals surface area contributed by atoms with Gasteiger partial charge in [0.15, 0.2) is 0 Å². The van der Waals surface area contributed by atoms with Gasteiger partial charge in [0.1, 0.15) is 18.0 Å². The fourth-order valence-electron chi connectivity index (χ4n) is 2.50. The first kappa shape index (κ1) is 14.4. The van der Waals surface area contributed by atoms with Crippen LogP contribution in [-0.2, 0) is 4.74 Å². The molecule has 1 saturated carbocycles. The number of hydrogen-bond donors (Lipinski definition) is 1. The maximum atomic E-state index is 6.05. The lowest BCUT2D eigenvalue weighted by Crippen LogP contribution is -2.61. The molecule has 0 spiro atoms. The van der Waals surface area contributed by atoms with Crippen LogP contribution in [0.5, 0.6) is 5.75 Å². The minimum atomic E-state index is 0.178. The fourth-order valence-corrected chi connectivity index (χ4v) is 2.50. The van der Waals surface area contributed by atoms with E-state index in [1.54, 1.807) is 0 Å². The van der Waals surface area contributed by atoms with E-state index in [1.165, 1.54) is 5.56 Å². The summed E-state index contributed by atoms with van der Waals surface area (Å²) in [7, 11) is 0. The zero-order valence-corrected chi connectivity index (χ0v) is 12.2. The molecule has 0 aromatic heterocycles. The van der Waals surface area contributed by atoms with Crippen molar-refractivity contribution in [2.45, 2.75) is 51.9 Å². The Kier molecular flexibility index (Phi) is 5.23. The van der Waals surface area contributed by atoms with E-state index in [4.69, 9.17) is 9.47 Å². The molecule has 1 aromatic carbocycles. The number of hydrogen-bond acceptors (Lipinski definition) is 3. The molecule has 0 aliphatic heterocycles. The Bertz CT molecular complexity index is 394. The number of nitrogens with one attached hydrogen (secondary N) is 1. The second-order valence-corrected chi connectivity index (χ2v) is 5.21. The summed E-state index contributed by atoms with van der Waals surface area (Å²) < 4.78 is 12.0. The third-order valence-corrected chi connectivity index (χ3v) is 3.51. The topological polar surface area (TPSA) is 30.5 Å². The molecule has 3 unspecified atom stereocenters. The van der Waals surface area contributed by atoms with Crippen molar-refractivity contribution in [3.05, 3.63) is 29.8 Å². The standard InChI is InChI=1S/C16H25NO2/c1-4-9-18-16-14(17-5-2)11-15(16)19-13-8-6-7-12(3)10-13/h6-8,10,14-17H,4-5,9,11H2,1-3H3. The van der Waals surface area contributed by atoms with Gasteiger partial charge in [-0.05, 0) is 37.6 Å². The summed E-state index contributed by atoms with van der Waals surface area (Å²) in [5.41, 5.74) is 1.23. The quantitative estimate of drug-likeness (QED) is 0.820. The largest absolute Gasteiger partial charge is 0.488 e. The number of likely N-dealkylation sites (N-methyl/N-ethyl adjacent to an activating group) is 1. The van der Waals surface area contributed by atoms with Gasteiger partial charge in [0, 0.05) is 19.1 Å². The minimum absolute atomic E-state index is 0.178. The lowest BCUT2D eigenvalue weighted by molar-refractivity contribution is -0.107. The Morgan fingerprint density at radius 3 is 2.84 bits per heavy atom. The predicted octanol–water partition coefficient (Wildman–Crippen LogP) is 2.92. The van der Waals surface area contributed by atoms with E-state index in [0.717, 1.165) is 31.7 Å².